The summed E-state index contributed by atoms with van der Waals surface area (Å²) in [4.78, 5) is 0. The van der Waals surface area contributed by atoms with Gasteiger partial charge in [0.05, 0.1) is 6.07 Å². The van der Waals surface area contributed by atoms with E-state index < -0.39 is 6.04 Å². The fourth-order valence-corrected chi connectivity index (χ4v) is 2.25. The maximum atomic E-state index is 13.4. The molecule has 0 heterocycles. The molecule has 2 nitrogen and oxygen atoms in total. The predicted molar refractivity (Wildman–Crippen MR) is 83.6 cm³/mol. The molecule has 0 aliphatic carbocycles. The molecule has 21 heavy (non-hydrogen) atoms. The minimum absolute atomic E-state index is 0.302. The number of anilines is 1. The first-order chi connectivity index (χ1) is 9.99. The van der Waals surface area contributed by atoms with Crippen molar-refractivity contribution in [2.24, 2.45) is 0 Å². The smallest absolute Gasteiger partial charge is 0.140 e. The number of nitrogens with one attached hydrogen (secondary N) is 1. The third-order valence-electron chi connectivity index (χ3n) is 3.42. The monoisotopic (exact) mass is 282 g/mol. The molecule has 2 rings (SSSR count). The number of aryl methyl sites for hydroxylation is 1. The van der Waals surface area contributed by atoms with E-state index in [1.54, 1.807) is 0 Å². The molecule has 1 N–H and O–H groups in total. The zero-order valence-corrected chi connectivity index (χ0v) is 12.5. The Balaban J connectivity index is 2.22. The summed E-state index contributed by atoms with van der Waals surface area (Å²) in [5.41, 5.74) is 3.55. The lowest BCUT2D eigenvalue weighted by Gasteiger charge is -2.15. The number of nitrogens with zero attached hydrogens (tertiary/aromatic N) is 1. The van der Waals surface area contributed by atoms with Gasteiger partial charge in [-0.3, -0.25) is 0 Å². The standard InChI is InChI=1S/C18H19FN2/c1-12(2)14-4-6-15(7-5-14)18(11-20)21-17-9-13(3)8-16(19)10-17/h4-10,12,18,21H,1-3H3. The molecule has 1 atom stereocenters. The van der Waals surface area contributed by atoms with Crippen molar-refractivity contribution in [3.8, 4) is 6.07 Å². The Morgan fingerprint density at radius 1 is 1.05 bits per heavy atom. The largest absolute Gasteiger partial charge is 0.366 e. The minimum atomic E-state index is -0.493. The zero-order valence-electron chi connectivity index (χ0n) is 12.5. The predicted octanol–water partition coefficient (Wildman–Crippen LogP) is 4.93. The van der Waals surface area contributed by atoms with Crippen molar-refractivity contribution < 1.29 is 4.39 Å². The first-order valence-corrected chi connectivity index (χ1v) is 7.03. The molecule has 1 unspecified atom stereocenters. The molecule has 0 amide bonds. The number of nitriles is 1. The second-order valence-corrected chi connectivity index (χ2v) is 5.55. The van der Waals surface area contributed by atoms with Crippen LogP contribution in [-0.4, -0.2) is 0 Å². The Morgan fingerprint density at radius 2 is 1.67 bits per heavy atom. The van der Waals surface area contributed by atoms with Crippen molar-refractivity contribution in [2.45, 2.75) is 32.7 Å². The molecule has 0 saturated heterocycles. The summed E-state index contributed by atoms with van der Waals surface area (Å²) < 4.78 is 13.4. The Kier molecular flexibility index (Phi) is 4.59. The molecule has 0 aliphatic rings. The Morgan fingerprint density at radius 3 is 2.19 bits per heavy atom. The summed E-state index contributed by atoms with van der Waals surface area (Å²) in [6.07, 6.45) is 0. The lowest BCUT2D eigenvalue weighted by Crippen LogP contribution is -2.09. The normalized spacial score (nSPS) is 12.0. The summed E-state index contributed by atoms with van der Waals surface area (Å²) in [7, 11) is 0. The summed E-state index contributed by atoms with van der Waals surface area (Å²) in [5.74, 6) is 0.155. The Bertz CT molecular complexity index is 634. The number of rotatable bonds is 4. The third-order valence-corrected chi connectivity index (χ3v) is 3.42. The average Bonchev–Trinajstić information content (AvgIpc) is 2.44. The topological polar surface area (TPSA) is 35.8 Å². The zero-order chi connectivity index (χ0) is 15.4. The number of halogens is 1. The van der Waals surface area contributed by atoms with Crippen LogP contribution >= 0.6 is 0 Å². The van der Waals surface area contributed by atoms with E-state index in [0.29, 0.717) is 11.6 Å². The third kappa shape index (κ3) is 3.82. The van der Waals surface area contributed by atoms with Gasteiger partial charge in [-0.2, -0.15) is 5.26 Å². The molecule has 0 saturated carbocycles. The highest BCUT2D eigenvalue weighted by atomic mass is 19.1. The highest BCUT2D eigenvalue weighted by Gasteiger charge is 2.11. The maximum absolute atomic E-state index is 13.4. The number of benzene rings is 2. The number of hydrogen-bond donors (Lipinski definition) is 1. The summed E-state index contributed by atoms with van der Waals surface area (Å²) in [6.45, 7) is 6.09. The van der Waals surface area contributed by atoms with Crippen LogP contribution in [0.5, 0.6) is 0 Å². The van der Waals surface area contributed by atoms with Gasteiger partial charge in [0.15, 0.2) is 0 Å². The highest BCUT2D eigenvalue weighted by Crippen LogP contribution is 2.23. The van der Waals surface area contributed by atoms with Crippen LogP contribution < -0.4 is 5.32 Å². The van der Waals surface area contributed by atoms with E-state index in [4.69, 9.17) is 0 Å². The maximum Gasteiger partial charge on any atom is 0.140 e. The Labute approximate surface area is 125 Å². The molecule has 0 radical (unpaired) electrons. The molecule has 0 aromatic heterocycles. The lowest BCUT2D eigenvalue weighted by molar-refractivity contribution is 0.627. The van der Waals surface area contributed by atoms with E-state index in [0.717, 1.165) is 11.1 Å². The van der Waals surface area contributed by atoms with Crippen LogP contribution in [0.3, 0.4) is 0 Å². The van der Waals surface area contributed by atoms with Crippen LogP contribution in [0.15, 0.2) is 42.5 Å². The van der Waals surface area contributed by atoms with Gasteiger partial charge in [-0.1, -0.05) is 38.1 Å². The van der Waals surface area contributed by atoms with Gasteiger partial charge in [-0.25, -0.2) is 4.39 Å². The molecular formula is C18H19FN2. The van der Waals surface area contributed by atoms with Crippen LogP contribution in [-0.2, 0) is 0 Å². The summed E-state index contributed by atoms with van der Waals surface area (Å²) >= 11 is 0. The second-order valence-electron chi connectivity index (χ2n) is 5.55. The van der Waals surface area contributed by atoms with Crippen molar-refractivity contribution in [1.82, 2.24) is 0 Å². The SMILES string of the molecule is Cc1cc(F)cc(NC(C#N)c2ccc(C(C)C)cc2)c1. The van der Waals surface area contributed by atoms with Gasteiger partial charge in [0.1, 0.15) is 11.9 Å². The van der Waals surface area contributed by atoms with Gasteiger partial charge in [-0.15, -0.1) is 0 Å². The van der Waals surface area contributed by atoms with E-state index in [-0.39, 0.29) is 5.82 Å². The van der Waals surface area contributed by atoms with Crippen molar-refractivity contribution in [3.05, 3.63) is 65.0 Å². The van der Waals surface area contributed by atoms with Crippen LogP contribution in [0.1, 0.15) is 42.5 Å². The van der Waals surface area contributed by atoms with Crippen LogP contribution in [0.2, 0.25) is 0 Å². The van der Waals surface area contributed by atoms with Gasteiger partial charge >= 0.3 is 0 Å². The summed E-state index contributed by atoms with van der Waals surface area (Å²) in [6, 6.07) is 14.4. The first-order valence-electron chi connectivity index (χ1n) is 7.03. The van der Waals surface area contributed by atoms with E-state index in [1.165, 1.54) is 17.7 Å². The van der Waals surface area contributed by atoms with E-state index in [9.17, 15) is 9.65 Å². The fourth-order valence-electron chi connectivity index (χ4n) is 2.25. The van der Waals surface area contributed by atoms with Crippen LogP contribution in [0.4, 0.5) is 10.1 Å². The quantitative estimate of drug-likeness (QED) is 0.862. The molecule has 2 aromatic rings. The van der Waals surface area contributed by atoms with Crippen LogP contribution in [0, 0.1) is 24.1 Å². The molecule has 3 heteroatoms. The molecule has 0 fully saturated rings. The molecule has 0 aliphatic heterocycles. The summed E-state index contributed by atoms with van der Waals surface area (Å²) in [5, 5.41) is 12.4. The highest BCUT2D eigenvalue weighted by molar-refractivity contribution is 5.49. The van der Waals surface area contributed by atoms with Gasteiger partial charge in [0, 0.05) is 5.69 Å². The van der Waals surface area contributed by atoms with E-state index in [2.05, 4.69) is 25.2 Å². The Hall–Kier alpha value is -2.34. The molecule has 0 bridgehead atoms. The van der Waals surface area contributed by atoms with Gasteiger partial charge in [0.2, 0.25) is 0 Å². The second kappa shape index (κ2) is 6.41. The lowest BCUT2D eigenvalue weighted by atomic mass is 9.99. The van der Waals surface area contributed by atoms with E-state index >= 15 is 0 Å². The molecular weight excluding hydrogens is 263 g/mol. The van der Waals surface area contributed by atoms with Gasteiger partial charge < -0.3 is 5.32 Å². The van der Waals surface area contributed by atoms with Gasteiger partial charge in [-0.05, 0) is 47.7 Å². The fraction of sp³-hybridized carbons (Fsp3) is 0.278. The van der Waals surface area contributed by atoms with E-state index in [1.807, 2.05) is 37.3 Å². The van der Waals surface area contributed by atoms with Crippen molar-refractivity contribution in [3.63, 3.8) is 0 Å². The average molecular weight is 282 g/mol. The minimum Gasteiger partial charge on any atom is -0.366 e. The molecule has 0 spiro atoms. The van der Waals surface area contributed by atoms with Crippen molar-refractivity contribution in [2.75, 3.05) is 5.32 Å². The van der Waals surface area contributed by atoms with Crippen molar-refractivity contribution in [1.29, 1.82) is 5.26 Å². The molecule has 108 valence electrons. The van der Waals surface area contributed by atoms with Gasteiger partial charge in [0.25, 0.3) is 0 Å². The number of hydrogen-bond acceptors (Lipinski definition) is 2. The van der Waals surface area contributed by atoms with Crippen molar-refractivity contribution >= 4 is 5.69 Å². The molecule has 2 aromatic carbocycles. The first kappa shape index (κ1) is 15.1. The van der Waals surface area contributed by atoms with Crippen LogP contribution in [0.25, 0.3) is 0 Å².